The van der Waals surface area contributed by atoms with E-state index in [9.17, 15) is 0 Å². The van der Waals surface area contributed by atoms with E-state index in [0.29, 0.717) is 5.92 Å². The van der Waals surface area contributed by atoms with Gasteiger partial charge in [0.1, 0.15) is 5.52 Å². The topological polar surface area (TPSA) is 96.9 Å². The summed E-state index contributed by atoms with van der Waals surface area (Å²) in [4.78, 5) is 4.41. The van der Waals surface area contributed by atoms with Gasteiger partial charge in [-0.25, -0.2) is 4.52 Å². The van der Waals surface area contributed by atoms with Crippen LogP contribution in [0.4, 0.5) is 17.6 Å². The first-order valence-electron chi connectivity index (χ1n) is 8.14. The summed E-state index contributed by atoms with van der Waals surface area (Å²) in [6.07, 6.45) is 8.34. The van der Waals surface area contributed by atoms with Crippen LogP contribution in [-0.2, 0) is 0 Å². The van der Waals surface area contributed by atoms with Crippen LogP contribution in [0.25, 0.3) is 5.52 Å². The van der Waals surface area contributed by atoms with E-state index in [2.05, 4.69) is 31.7 Å². The van der Waals surface area contributed by atoms with Crippen LogP contribution < -0.4 is 11.1 Å². The number of fused-ring (bicyclic) bond motifs is 1. The average Bonchev–Trinajstić information content (AvgIpc) is 3.14. The summed E-state index contributed by atoms with van der Waals surface area (Å²) in [5.74, 6) is 2.27. The van der Waals surface area contributed by atoms with Crippen molar-refractivity contribution in [3.05, 3.63) is 29.6 Å². The predicted molar refractivity (Wildman–Crippen MR) is 89.8 cm³/mol. The van der Waals surface area contributed by atoms with Crippen LogP contribution in [0.3, 0.4) is 0 Å². The van der Waals surface area contributed by atoms with E-state index in [1.54, 1.807) is 0 Å². The number of hydrogen-bond acceptors (Lipinski definition) is 5. The second-order valence-corrected chi connectivity index (χ2v) is 6.28. The number of H-pyrrole nitrogens is 1. The third kappa shape index (κ3) is 2.62. The monoisotopic (exact) mass is 311 g/mol. The maximum atomic E-state index is 5.86. The molecule has 0 radical (unpaired) electrons. The van der Waals surface area contributed by atoms with Gasteiger partial charge in [-0.05, 0) is 37.3 Å². The van der Waals surface area contributed by atoms with E-state index >= 15 is 0 Å². The van der Waals surface area contributed by atoms with Gasteiger partial charge in [0.05, 0.1) is 0 Å². The highest BCUT2D eigenvalue weighted by molar-refractivity contribution is 5.77. The van der Waals surface area contributed by atoms with E-state index in [1.165, 1.54) is 37.7 Å². The number of anilines is 3. The van der Waals surface area contributed by atoms with Gasteiger partial charge in [-0.2, -0.15) is 10.1 Å². The van der Waals surface area contributed by atoms with Crippen LogP contribution in [0, 0.1) is 6.92 Å². The molecule has 1 fully saturated rings. The Kier molecular flexibility index (Phi) is 3.40. The van der Waals surface area contributed by atoms with Gasteiger partial charge in [0.2, 0.25) is 5.95 Å². The number of aromatic amines is 1. The lowest BCUT2D eigenvalue weighted by Crippen LogP contribution is -2.09. The van der Waals surface area contributed by atoms with Crippen LogP contribution in [0.1, 0.15) is 49.3 Å². The van der Waals surface area contributed by atoms with Crippen molar-refractivity contribution >= 4 is 23.1 Å². The highest BCUT2D eigenvalue weighted by Gasteiger charge is 2.22. The summed E-state index contributed by atoms with van der Waals surface area (Å²) in [7, 11) is 0. The number of nitrogens with two attached hydrogens (primary N) is 1. The Bertz CT molecular complexity index is 826. The van der Waals surface area contributed by atoms with Crippen molar-refractivity contribution in [1.82, 2.24) is 24.8 Å². The number of nitrogens with zero attached hydrogens (tertiary/aromatic N) is 4. The summed E-state index contributed by atoms with van der Waals surface area (Å²) < 4.78 is 1.83. The van der Waals surface area contributed by atoms with Crippen molar-refractivity contribution in [2.24, 2.45) is 0 Å². The van der Waals surface area contributed by atoms with E-state index in [1.807, 2.05) is 23.7 Å². The van der Waals surface area contributed by atoms with Crippen molar-refractivity contribution < 1.29 is 0 Å². The van der Waals surface area contributed by atoms with E-state index < -0.39 is 0 Å². The Hall–Kier alpha value is -2.57. The Morgan fingerprint density at radius 3 is 2.87 bits per heavy atom. The molecule has 4 rings (SSSR count). The van der Waals surface area contributed by atoms with Crippen molar-refractivity contribution in [1.29, 1.82) is 0 Å². The molecule has 120 valence electrons. The zero-order chi connectivity index (χ0) is 15.8. The normalized spacial score (nSPS) is 16.0. The Morgan fingerprint density at radius 1 is 1.30 bits per heavy atom. The second-order valence-electron chi connectivity index (χ2n) is 6.28. The molecule has 0 amide bonds. The standard InChI is InChI=1S/C16H21N7/c1-10-9-13(21-20-10)18-15-14-12(11-5-3-2-4-6-11)7-8-23(14)22-16(17)19-15/h7-9,11H,2-6H2,1H3,(H4,17,18,19,20,21,22). The van der Waals surface area contributed by atoms with Crippen LogP contribution in [0.5, 0.6) is 0 Å². The fraction of sp³-hybridized carbons (Fsp3) is 0.438. The zero-order valence-electron chi connectivity index (χ0n) is 13.2. The maximum absolute atomic E-state index is 5.86. The molecule has 7 heteroatoms. The van der Waals surface area contributed by atoms with Crippen LogP contribution in [0.15, 0.2) is 18.3 Å². The number of aryl methyl sites for hydroxylation is 1. The molecule has 23 heavy (non-hydrogen) atoms. The molecule has 0 aliphatic heterocycles. The summed E-state index contributed by atoms with van der Waals surface area (Å²) >= 11 is 0. The van der Waals surface area contributed by atoms with Gasteiger partial charge in [-0.1, -0.05) is 19.3 Å². The summed E-state index contributed by atoms with van der Waals surface area (Å²) in [6, 6.07) is 4.10. The highest BCUT2D eigenvalue weighted by atomic mass is 15.3. The summed E-state index contributed by atoms with van der Waals surface area (Å²) in [6.45, 7) is 1.97. The van der Waals surface area contributed by atoms with Crippen LogP contribution in [-0.4, -0.2) is 24.8 Å². The third-order valence-corrected chi connectivity index (χ3v) is 4.56. The molecular formula is C16H21N7. The quantitative estimate of drug-likeness (QED) is 0.690. The van der Waals surface area contributed by atoms with Gasteiger partial charge in [0, 0.05) is 18.0 Å². The first kappa shape index (κ1) is 14.0. The molecule has 0 atom stereocenters. The Balaban J connectivity index is 1.79. The fourth-order valence-electron chi connectivity index (χ4n) is 3.50. The lowest BCUT2D eigenvalue weighted by atomic mass is 9.84. The smallest absolute Gasteiger partial charge is 0.240 e. The number of hydrogen-bond donors (Lipinski definition) is 3. The first-order valence-corrected chi connectivity index (χ1v) is 8.14. The highest BCUT2D eigenvalue weighted by Crippen LogP contribution is 2.37. The van der Waals surface area contributed by atoms with Gasteiger partial charge < -0.3 is 11.1 Å². The number of nitrogen functional groups attached to an aromatic ring is 1. The molecule has 0 unspecified atom stereocenters. The molecule has 4 N–H and O–H groups in total. The van der Waals surface area contributed by atoms with Crippen LogP contribution >= 0.6 is 0 Å². The van der Waals surface area contributed by atoms with Gasteiger partial charge >= 0.3 is 0 Å². The molecule has 7 nitrogen and oxygen atoms in total. The maximum Gasteiger partial charge on any atom is 0.240 e. The largest absolute Gasteiger partial charge is 0.366 e. The zero-order valence-corrected chi connectivity index (χ0v) is 13.2. The summed E-state index contributed by atoms with van der Waals surface area (Å²) in [5, 5.41) is 14.8. The van der Waals surface area contributed by atoms with E-state index in [4.69, 9.17) is 5.73 Å². The van der Waals surface area contributed by atoms with Crippen molar-refractivity contribution in [3.63, 3.8) is 0 Å². The lowest BCUT2D eigenvalue weighted by molar-refractivity contribution is 0.445. The molecule has 3 aromatic heterocycles. The van der Waals surface area contributed by atoms with Crippen molar-refractivity contribution in [3.8, 4) is 0 Å². The lowest BCUT2D eigenvalue weighted by Gasteiger charge is -2.21. The Labute approximate surface area is 134 Å². The average molecular weight is 311 g/mol. The van der Waals surface area contributed by atoms with Gasteiger partial charge in [-0.3, -0.25) is 5.10 Å². The van der Waals surface area contributed by atoms with E-state index in [-0.39, 0.29) is 5.95 Å². The minimum Gasteiger partial charge on any atom is -0.366 e. The Morgan fingerprint density at radius 2 is 2.13 bits per heavy atom. The van der Waals surface area contributed by atoms with Gasteiger partial charge in [-0.15, -0.1) is 5.10 Å². The second kappa shape index (κ2) is 5.57. The number of nitrogens with one attached hydrogen (secondary N) is 2. The molecule has 0 spiro atoms. The predicted octanol–water partition coefficient (Wildman–Crippen LogP) is 3.13. The molecule has 0 aromatic carbocycles. The fourth-order valence-corrected chi connectivity index (χ4v) is 3.50. The number of rotatable bonds is 3. The number of aromatic nitrogens is 5. The molecule has 0 bridgehead atoms. The molecular weight excluding hydrogens is 290 g/mol. The van der Waals surface area contributed by atoms with E-state index in [0.717, 1.165) is 22.8 Å². The molecule has 3 aromatic rings. The SMILES string of the molecule is Cc1cc(Nc2nc(N)nn3ccc(C4CCCCC4)c23)n[nH]1. The minimum atomic E-state index is 0.248. The molecule has 1 aliphatic rings. The molecule has 1 saturated carbocycles. The molecule has 3 heterocycles. The van der Waals surface area contributed by atoms with Gasteiger partial charge in [0.15, 0.2) is 11.6 Å². The van der Waals surface area contributed by atoms with Gasteiger partial charge in [0.25, 0.3) is 0 Å². The first-order chi connectivity index (χ1) is 11.2. The summed E-state index contributed by atoms with van der Waals surface area (Å²) in [5.41, 5.74) is 9.17. The molecule has 0 saturated heterocycles. The van der Waals surface area contributed by atoms with Crippen LogP contribution in [0.2, 0.25) is 0 Å². The minimum absolute atomic E-state index is 0.248. The molecule has 1 aliphatic carbocycles. The van der Waals surface area contributed by atoms with Crippen molar-refractivity contribution in [2.75, 3.05) is 11.1 Å². The third-order valence-electron chi connectivity index (χ3n) is 4.56. The van der Waals surface area contributed by atoms with Crippen molar-refractivity contribution in [2.45, 2.75) is 44.9 Å².